The van der Waals surface area contributed by atoms with Gasteiger partial charge in [0, 0.05) is 11.3 Å². The molecule has 0 bridgehead atoms. The van der Waals surface area contributed by atoms with Gasteiger partial charge in [0.15, 0.2) is 0 Å². The van der Waals surface area contributed by atoms with Crippen molar-refractivity contribution in [3.8, 4) is 11.4 Å². The van der Waals surface area contributed by atoms with E-state index in [0.29, 0.717) is 23.6 Å². The highest BCUT2D eigenvalue weighted by Crippen LogP contribution is 2.36. The van der Waals surface area contributed by atoms with E-state index >= 15 is 0 Å². The van der Waals surface area contributed by atoms with Crippen LogP contribution in [0.15, 0.2) is 71.3 Å². The summed E-state index contributed by atoms with van der Waals surface area (Å²) in [4.78, 5) is 4.84. The number of nitrogens with one attached hydrogen (secondary N) is 1. The van der Waals surface area contributed by atoms with Crippen LogP contribution in [0.25, 0.3) is 11.4 Å². The van der Waals surface area contributed by atoms with Crippen LogP contribution < -0.4 is 5.32 Å². The molecule has 4 heteroatoms. The van der Waals surface area contributed by atoms with Gasteiger partial charge >= 0.3 is 0 Å². The van der Waals surface area contributed by atoms with Crippen LogP contribution in [0.4, 0.5) is 5.69 Å². The van der Waals surface area contributed by atoms with Crippen molar-refractivity contribution in [1.29, 1.82) is 0 Å². The van der Waals surface area contributed by atoms with E-state index in [2.05, 4.69) is 101 Å². The van der Waals surface area contributed by atoms with E-state index < -0.39 is 0 Å². The predicted molar refractivity (Wildman–Crippen MR) is 136 cm³/mol. The molecular weight excluding hydrogens is 406 g/mol. The van der Waals surface area contributed by atoms with Gasteiger partial charge in [-0.25, -0.2) is 0 Å². The Bertz CT molecular complexity index is 1180. The second-order valence-electron chi connectivity index (χ2n) is 9.44. The van der Waals surface area contributed by atoms with Crippen LogP contribution >= 0.6 is 0 Å². The molecule has 0 saturated heterocycles. The number of para-hydroxylation sites is 1. The van der Waals surface area contributed by atoms with Crippen LogP contribution in [0.2, 0.25) is 0 Å². The maximum absolute atomic E-state index is 5.86. The van der Waals surface area contributed by atoms with Gasteiger partial charge < -0.3 is 9.84 Å². The zero-order valence-corrected chi connectivity index (χ0v) is 20.4. The average molecular weight is 440 g/mol. The van der Waals surface area contributed by atoms with Crippen LogP contribution in [0, 0.1) is 13.8 Å². The Kier molecular flexibility index (Phi) is 6.64. The zero-order chi connectivity index (χ0) is 23.5. The Morgan fingerprint density at radius 1 is 0.758 bits per heavy atom. The fourth-order valence-electron chi connectivity index (χ4n) is 4.37. The summed E-state index contributed by atoms with van der Waals surface area (Å²) in [5.74, 6) is 1.94. The highest BCUT2D eigenvalue weighted by Gasteiger charge is 2.25. The zero-order valence-electron chi connectivity index (χ0n) is 20.4. The monoisotopic (exact) mass is 439 g/mol. The smallest absolute Gasteiger partial charge is 0.254 e. The van der Waals surface area contributed by atoms with Crippen molar-refractivity contribution in [3.05, 3.63) is 100 Å². The lowest BCUT2D eigenvalue weighted by molar-refractivity contribution is 0.372. The minimum absolute atomic E-state index is 0.254. The molecule has 1 heterocycles. The normalized spacial score (nSPS) is 12.4. The van der Waals surface area contributed by atoms with Gasteiger partial charge in [0.2, 0.25) is 5.82 Å². The number of aryl methyl sites for hydroxylation is 2. The molecule has 170 valence electrons. The summed E-state index contributed by atoms with van der Waals surface area (Å²) in [5.41, 5.74) is 8.15. The first-order valence-electron chi connectivity index (χ1n) is 11.7. The average Bonchev–Trinajstić information content (AvgIpc) is 3.27. The molecule has 4 nitrogen and oxygen atoms in total. The van der Waals surface area contributed by atoms with Gasteiger partial charge in [0.25, 0.3) is 5.89 Å². The molecule has 1 atom stereocenters. The lowest BCUT2D eigenvalue weighted by Crippen LogP contribution is -2.16. The van der Waals surface area contributed by atoms with Crippen molar-refractivity contribution in [2.24, 2.45) is 0 Å². The first-order chi connectivity index (χ1) is 15.8. The molecule has 0 fully saturated rings. The van der Waals surface area contributed by atoms with Gasteiger partial charge in [-0.15, -0.1) is 0 Å². The Hall–Kier alpha value is -3.40. The molecule has 0 amide bonds. The van der Waals surface area contributed by atoms with Crippen molar-refractivity contribution >= 4 is 5.69 Å². The number of hydrogen-bond donors (Lipinski definition) is 1. The molecule has 0 radical (unpaired) electrons. The highest BCUT2D eigenvalue weighted by molar-refractivity contribution is 5.62. The van der Waals surface area contributed by atoms with Gasteiger partial charge in [0.05, 0.1) is 0 Å². The van der Waals surface area contributed by atoms with Crippen LogP contribution in [-0.2, 0) is 0 Å². The third kappa shape index (κ3) is 5.00. The van der Waals surface area contributed by atoms with Crippen molar-refractivity contribution < 1.29 is 4.52 Å². The number of anilines is 1. The summed E-state index contributed by atoms with van der Waals surface area (Å²) in [6.07, 6.45) is 0. The Morgan fingerprint density at radius 2 is 1.36 bits per heavy atom. The molecule has 0 saturated carbocycles. The second-order valence-corrected chi connectivity index (χ2v) is 9.44. The third-order valence-electron chi connectivity index (χ3n) is 5.96. The van der Waals surface area contributed by atoms with Gasteiger partial charge in [-0.05, 0) is 54.5 Å². The molecule has 1 unspecified atom stereocenters. The fourth-order valence-corrected chi connectivity index (χ4v) is 4.37. The molecule has 0 aliphatic rings. The number of benzene rings is 3. The van der Waals surface area contributed by atoms with Crippen LogP contribution in [0.5, 0.6) is 0 Å². The van der Waals surface area contributed by atoms with Crippen molar-refractivity contribution in [2.75, 3.05) is 5.32 Å². The first kappa shape index (κ1) is 22.8. The van der Waals surface area contributed by atoms with E-state index in [-0.39, 0.29) is 6.04 Å². The van der Waals surface area contributed by atoms with E-state index in [1.165, 1.54) is 22.3 Å². The maximum Gasteiger partial charge on any atom is 0.254 e. The molecule has 0 spiro atoms. The quantitative estimate of drug-likeness (QED) is 0.319. The molecule has 1 aromatic heterocycles. The van der Waals surface area contributed by atoms with Crippen molar-refractivity contribution in [1.82, 2.24) is 10.1 Å². The van der Waals surface area contributed by atoms with Crippen LogP contribution in [0.3, 0.4) is 0 Å². The van der Waals surface area contributed by atoms with E-state index in [0.717, 1.165) is 16.8 Å². The summed E-state index contributed by atoms with van der Waals surface area (Å²) in [5, 5.41) is 8.15. The SMILES string of the molecule is Cc1cc(C)cc(-c2noc(C(Nc3c(C(C)C)cccc3C(C)C)c3ccccc3)n2)c1. The lowest BCUT2D eigenvalue weighted by atomic mass is 9.91. The standard InChI is InChI=1S/C29H33N3O/c1-18(2)24-13-10-14-25(19(3)4)27(24)30-26(22-11-8-7-9-12-22)29-31-28(32-33-29)23-16-20(5)15-21(6)17-23/h7-19,26,30H,1-6H3. The van der Waals surface area contributed by atoms with E-state index in [1.54, 1.807) is 0 Å². The van der Waals surface area contributed by atoms with E-state index in [1.807, 2.05) is 18.2 Å². The molecule has 0 aliphatic carbocycles. The lowest BCUT2D eigenvalue weighted by Gasteiger charge is -2.25. The summed E-state index contributed by atoms with van der Waals surface area (Å²) >= 11 is 0. The third-order valence-corrected chi connectivity index (χ3v) is 5.96. The van der Waals surface area contributed by atoms with Gasteiger partial charge in [0.1, 0.15) is 6.04 Å². The van der Waals surface area contributed by atoms with Gasteiger partial charge in [-0.1, -0.05) is 98.6 Å². The fraction of sp³-hybridized carbons (Fsp3) is 0.310. The largest absolute Gasteiger partial charge is 0.370 e. The Balaban J connectivity index is 1.80. The molecule has 4 aromatic rings. The van der Waals surface area contributed by atoms with Crippen LogP contribution in [-0.4, -0.2) is 10.1 Å². The van der Waals surface area contributed by atoms with Crippen molar-refractivity contribution in [3.63, 3.8) is 0 Å². The summed E-state index contributed by atoms with van der Waals surface area (Å²) < 4.78 is 5.86. The Morgan fingerprint density at radius 3 is 1.94 bits per heavy atom. The van der Waals surface area contributed by atoms with Gasteiger partial charge in [-0.2, -0.15) is 4.98 Å². The van der Waals surface area contributed by atoms with Crippen LogP contribution in [0.1, 0.15) is 79.3 Å². The first-order valence-corrected chi connectivity index (χ1v) is 11.7. The minimum atomic E-state index is -0.254. The summed E-state index contributed by atoms with van der Waals surface area (Å²) in [6, 6.07) is 23.0. The maximum atomic E-state index is 5.86. The van der Waals surface area contributed by atoms with E-state index in [4.69, 9.17) is 9.51 Å². The predicted octanol–water partition coefficient (Wildman–Crippen LogP) is 7.80. The van der Waals surface area contributed by atoms with E-state index in [9.17, 15) is 0 Å². The number of nitrogens with zero attached hydrogens (tertiary/aromatic N) is 2. The molecule has 1 N–H and O–H groups in total. The molecule has 3 aromatic carbocycles. The second kappa shape index (κ2) is 9.62. The summed E-state index contributed by atoms with van der Waals surface area (Å²) in [7, 11) is 0. The molecule has 33 heavy (non-hydrogen) atoms. The topological polar surface area (TPSA) is 51.0 Å². The Labute approximate surface area is 197 Å². The molecular formula is C29H33N3O. The molecule has 0 aliphatic heterocycles. The summed E-state index contributed by atoms with van der Waals surface area (Å²) in [6.45, 7) is 13.1. The van der Waals surface area contributed by atoms with Crippen molar-refractivity contribution in [2.45, 2.75) is 59.4 Å². The number of aromatic nitrogens is 2. The molecule has 4 rings (SSSR count). The number of hydrogen-bond acceptors (Lipinski definition) is 4. The highest BCUT2D eigenvalue weighted by atomic mass is 16.5. The number of rotatable bonds is 7. The minimum Gasteiger partial charge on any atom is -0.370 e. The van der Waals surface area contributed by atoms with Gasteiger partial charge in [-0.3, -0.25) is 0 Å².